The van der Waals surface area contributed by atoms with E-state index >= 15 is 4.39 Å². The van der Waals surface area contributed by atoms with Gasteiger partial charge in [-0.2, -0.15) is 10.4 Å². The van der Waals surface area contributed by atoms with E-state index in [1.54, 1.807) is 33.8 Å². The summed E-state index contributed by atoms with van der Waals surface area (Å²) >= 11 is 0. The summed E-state index contributed by atoms with van der Waals surface area (Å²) < 4.78 is 28.6. The Bertz CT molecular complexity index is 1880. The predicted molar refractivity (Wildman–Crippen MR) is 174 cm³/mol. The molecule has 0 radical (unpaired) electrons. The maximum absolute atomic E-state index is 15.6. The first-order chi connectivity index (χ1) is 22.7. The van der Waals surface area contributed by atoms with E-state index in [4.69, 9.17) is 20.3 Å². The lowest BCUT2D eigenvalue weighted by atomic mass is 9.95. The second-order valence-corrected chi connectivity index (χ2v) is 13.0. The molecule has 2 aromatic carbocycles. The number of anilines is 1. The molecule has 11 nitrogen and oxygen atoms in total. The fraction of sp³-hybridized carbons (Fsp3) is 0.400. The Morgan fingerprint density at radius 1 is 1.15 bits per heavy atom. The van der Waals surface area contributed by atoms with Crippen LogP contribution in [-0.2, 0) is 16.1 Å². The number of halogens is 1. The molecule has 0 bridgehead atoms. The molecule has 0 spiro atoms. The number of ether oxygens (including phenoxy) is 2. The number of hydrogen-bond donors (Lipinski definition) is 1. The van der Waals surface area contributed by atoms with E-state index < -0.39 is 11.4 Å². The number of likely N-dealkylation sites (tertiary alicyclic amines) is 1. The van der Waals surface area contributed by atoms with Gasteiger partial charge < -0.3 is 20.1 Å². The summed E-state index contributed by atoms with van der Waals surface area (Å²) in [5.74, 6) is 0.277. The van der Waals surface area contributed by atoms with Gasteiger partial charge in [0.25, 0.3) is 5.91 Å². The number of benzene rings is 2. The zero-order valence-corrected chi connectivity index (χ0v) is 26.5. The van der Waals surface area contributed by atoms with E-state index in [9.17, 15) is 10.1 Å². The number of carbonyl (C=O) groups excluding carboxylic acids is 1. The first kappa shape index (κ1) is 30.8. The summed E-state index contributed by atoms with van der Waals surface area (Å²) in [6.45, 7) is 6.29. The average Bonchev–Trinajstić information content (AvgIpc) is 3.64. The molecule has 47 heavy (non-hydrogen) atoms. The van der Waals surface area contributed by atoms with Gasteiger partial charge in [-0.3, -0.25) is 9.69 Å². The van der Waals surface area contributed by atoms with Crippen molar-refractivity contribution in [1.82, 2.24) is 29.5 Å². The van der Waals surface area contributed by atoms with E-state index in [-0.39, 0.29) is 34.9 Å². The number of rotatable bonds is 10. The van der Waals surface area contributed by atoms with Crippen molar-refractivity contribution in [2.45, 2.75) is 69.7 Å². The Hall–Kier alpha value is -4.86. The maximum atomic E-state index is 15.6. The number of carbonyl (C=O) groups is 1. The Morgan fingerprint density at radius 3 is 2.62 bits per heavy atom. The topological polar surface area (TPSA) is 135 Å². The van der Waals surface area contributed by atoms with Crippen LogP contribution in [0.1, 0.15) is 39.5 Å². The smallest absolute Gasteiger partial charge is 0.264 e. The third-order valence-corrected chi connectivity index (χ3v) is 9.22. The largest absolute Gasteiger partial charge is 0.457 e. The molecule has 3 fully saturated rings. The monoisotopic (exact) mass is 636 g/mol. The highest BCUT2D eigenvalue weighted by Crippen LogP contribution is 2.38. The van der Waals surface area contributed by atoms with Gasteiger partial charge in [-0.15, -0.1) is 0 Å². The fourth-order valence-corrected chi connectivity index (χ4v) is 6.91. The number of aromatic nitrogens is 4. The van der Waals surface area contributed by atoms with Crippen molar-refractivity contribution in [3.8, 4) is 28.8 Å². The van der Waals surface area contributed by atoms with E-state index in [1.165, 1.54) is 12.4 Å². The quantitative estimate of drug-likeness (QED) is 0.187. The Morgan fingerprint density at radius 2 is 1.94 bits per heavy atom. The number of nitrogen functional groups attached to an aromatic ring is 1. The number of nitriles is 1. The normalized spacial score (nSPS) is 18.8. The highest BCUT2D eigenvalue weighted by molar-refractivity contribution is 5.99. The molecular weight excluding hydrogens is 599 g/mol. The molecule has 0 unspecified atom stereocenters. The summed E-state index contributed by atoms with van der Waals surface area (Å²) in [6, 6.07) is 16.4. The molecule has 3 aliphatic rings. The Kier molecular flexibility index (Phi) is 8.11. The summed E-state index contributed by atoms with van der Waals surface area (Å²) in [6.07, 6.45) is 6.90. The van der Waals surface area contributed by atoms with Crippen molar-refractivity contribution < 1.29 is 18.7 Å². The molecule has 4 heterocycles. The van der Waals surface area contributed by atoms with Crippen LogP contribution in [0.2, 0.25) is 0 Å². The van der Waals surface area contributed by atoms with E-state index in [2.05, 4.69) is 34.8 Å². The van der Waals surface area contributed by atoms with E-state index in [1.807, 2.05) is 24.3 Å². The average molecular weight is 637 g/mol. The van der Waals surface area contributed by atoms with Gasteiger partial charge in [0.05, 0.1) is 37.2 Å². The number of para-hydroxylation sites is 1. The van der Waals surface area contributed by atoms with Crippen LogP contribution < -0.4 is 10.5 Å². The predicted octanol–water partition coefficient (Wildman–Crippen LogP) is 5.09. The fourth-order valence-electron chi connectivity index (χ4n) is 6.91. The van der Waals surface area contributed by atoms with Crippen LogP contribution in [0.25, 0.3) is 22.3 Å². The molecule has 1 atom stereocenters. The third kappa shape index (κ3) is 6.04. The lowest BCUT2D eigenvalue weighted by Gasteiger charge is -2.46. The minimum absolute atomic E-state index is 0.130. The maximum Gasteiger partial charge on any atom is 0.264 e. The van der Waals surface area contributed by atoms with Gasteiger partial charge in [-0.25, -0.2) is 19.0 Å². The third-order valence-electron chi connectivity index (χ3n) is 9.22. The number of hydrogen-bond acceptors (Lipinski definition) is 9. The van der Waals surface area contributed by atoms with Crippen LogP contribution in [0.4, 0.5) is 10.2 Å². The first-order valence-electron chi connectivity index (χ1n) is 16.0. The van der Waals surface area contributed by atoms with Crippen LogP contribution in [0.15, 0.2) is 66.5 Å². The van der Waals surface area contributed by atoms with Crippen LogP contribution in [0.3, 0.4) is 0 Å². The lowest BCUT2D eigenvalue weighted by Crippen LogP contribution is -2.58. The zero-order chi connectivity index (χ0) is 32.7. The van der Waals surface area contributed by atoms with Gasteiger partial charge in [0.1, 0.15) is 46.8 Å². The van der Waals surface area contributed by atoms with Crippen molar-refractivity contribution in [3.63, 3.8) is 0 Å². The number of fused-ring (bicyclic) bond motifs is 1. The van der Waals surface area contributed by atoms with Crippen molar-refractivity contribution in [1.29, 1.82) is 5.26 Å². The molecule has 4 aromatic rings. The molecular formula is C35H37FN8O3. The Labute approximate surface area is 272 Å². The summed E-state index contributed by atoms with van der Waals surface area (Å²) in [5, 5.41) is 15.4. The van der Waals surface area contributed by atoms with Crippen LogP contribution in [-0.4, -0.2) is 78.9 Å². The lowest BCUT2D eigenvalue weighted by molar-refractivity contribution is -0.127. The second-order valence-electron chi connectivity index (χ2n) is 13.0. The zero-order valence-electron chi connectivity index (χ0n) is 26.5. The van der Waals surface area contributed by atoms with Gasteiger partial charge in [0.15, 0.2) is 5.65 Å². The van der Waals surface area contributed by atoms with Crippen molar-refractivity contribution in [3.05, 3.63) is 72.3 Å². The summed E-state index contributed by atoms with van der Waals surface area (Å²) in [5.41, 5.74) is 6.92. The second kappa shape index (κ2) is 12.4. The molecule has 1 aliphatic carbocycles. The van der Waals surface area contributed by atoms with Crippen LogP contribution in [0, 0.1) is 17.1 Å². The highest BCUT2D eigenvalue weighted by Gasteiger charge is 2.45. The van der Waals surface area contributed by atoms with E-state index in [0.29, 0.717) is 60.6 Å². The SMILES string of the molecule is CC(C)(/C=C(\C#N)C(=O)N1CCC[C@H]1Cn1nc(-c2ccc(Oc3ccccc3)cc2F)c2c(N)ncnc21)N(C1CC1)C1COC1. The molecule has 2 N–H and O–H groups in total. The van der Waals surface area contributed by atoms with Gasteiger partial charge in [-0.05, 0) is 69.9 Å². The number of nitrogens with zero attached hydrogens (tertiary/aromatic N) is 7. The minimum Gasteiger partial charge on any atom is -0.457 e. The van der Waals surface area contributed by atoms with E-state index in [0.717, 1.165) is 25.7 Å². The van der Waals surface area contributed by atoms with Crippen LogP contribution in [0.5, 0.6) is 11.5 Å². The molecule has 2 saturated heterocycles. The summed E-state index contributed by atoms with van der Waals surface area (Å²) in [7, 11) is 0. The number of nitrogens with two attached hydrogens (primary N) is 1. The van der Waals surface area contributed by atoms with Gasteiger partial charge in [0, 0.05) is 29.8 Å². The molecule has 2 aromatic heterocycles. The molecule has 1 saturated carbocycles. The standard InChI is InChI=1S/C35H37FN8O3/c1-35(2,44(23-10-11-23)25-19-46-20-25)16-22(17-37)34(45)42-14-6-7-24(42)18-43-33-30(32(38)39-21-40-33)31(41-43)28-13-12-27(15-29(28)36)47-26-8-4-3-5-9-26/h3-5,8-9,12-13,15-16,21,23-25H,6-7,10-11,14,18-20H2,1-2H3,(H2,38,39,40)/b22-16+/t24-/m0/s1. The van der Waals surface area contributed by atoms with Crippen LogP contribution >= 0.6 is 0 Å². The summed E-state index contributed by atoms with van der Waals surface area (Å²) in [4.78, 5) is 26.7. The molecule has 242 valence electrons. The Balaban J connectivity index is 1.15. The molecule has 1 amide bonds. The first-order valence-corrected chi connectivity index (χ1v) is 16.0. The van der Waals surface area contributed by atoms with Gasteiger partial charge in [0.2, 0.25) is 0 Å². The molecule has 7 rings (SSSR count). The molecule has 2 aliphatic heterocycles. The minimum atomic E-state index is -0.536. The number of amides is 1. The van der Waals surface area contributed by atoms with Crippen molar-refractivity contribution >= 4 is 22.8 Å². The van der Waals surface area contributed by atoms with Gasteiger partial charge in [-0.1, -0.05) is 18.2 Å². The van der Waals surface area contributed by atoms with Crippen molar-refractivity contribution in [2.24, 2.45) is 0 Å². The van der Waals surface area contributed by atoms with Crippen molar-refractivity contribution in [2.75, 3.05) is 25.5 Å². The molecule has 12 heteroatoms. The highest BCUT2D eigenvalue weighted by atomic mass is 19.1. The van der Waals surface area contributed by atoms with Gasteiger partial charge >= 0.3 is 0 Å².